The molecule has 0 aliphatic heterocycles. The van der Waals surface area contributed by atoms with Gasteiger partial charge in [0.15, 0.2) is 5.69 Å². The second-order valence-electron chi connectivity index (χ2n) is 5.78. The van der Waals surface area contributed by atoms with E-state index in [4.69, 9.17) is 5.11 Å². The summed E-state index contributed by atoms with van der Waals surface area (Å²) >= 11 is 0. The molecular weight excluding hydrogens is 280 g/mol. The van der Waals surface area contributed by atoms with E-state index in [2.05, 4.69) is 10.3 Å². The SMILES string of the molecule is CC(C)(C)c1c(C(=O)O)nnn1Cc1cc(F)cc(F)c1. The molecule has 0 aliphatic carbocycles. The maximum absolute atomic E-state index is 13.2. The molecule has 1 N–H and O–H groups in total. The standard InChI is InChI=1S/C14H15F2N3O2/c1-14(2,3)12-11(13(20)21)17-18-19(12)7-8-4-9(15)6-10(16)5-8/h4-6H,7H2,1-3H3,(H,20,21). The van der Waals surface area contributed by atoms with E-state index >= 15 is 0 Å². The van der Waals surface area contributed by atoms with Crippen LogP contribution in [-0.4, -0.2) is 26.1 Å². The molecule has 2 rings (SSSR count). The number of nitrogens with zero attached hydrogens (tertiary/aromatic N) is 3. The molecule has 0 saturated heterocycles. The third kappa shape index (κ3) is 3.24. The molecule has 0 aliphatic rings. The van der Waals surface area contributed by atoms with Gasteiger partial charge in [0.05, 0.1) is 12.2 Å². The highest BCUT2D eigenvalue weighted by Gasteiger charge is 2.29. The normalized spacial score (nSPS) is 11.7. The van der Waals surface area contributed by atoms with Crippen LogP contribution in [0.5, 0.6) is 0 Å². The lowest BCUT2D eigenvalue weighted by Crippen LogP contribution is -2.22. The fourth-order valence-electron chi connectivity index (χ4n) is 2.19. The van der Waals surface area contributed by atoms with Gasteiger partial charge >= 0.3 is 5.97 Å². The third-order valence-corrected chi connectivity index (χ3v) is 2.90. The Kier molecular flexibility index (Phi) is 3.76. The van der Waals surface area contributed by atoms with E-state index in [-0.39, 0.29) is 12.2 Å². The van der Waals surface area contributed by atoms with Gasteiger partial charge in [0, 0.05) is 11.5 Å². The summed E-state index contributed by atoms with van der Waals surface area (Å²) < 4.78 is 27.8. The van der Waals surface area contributed by atoms with E-state index in [0.29, 0.717) is 11.3 Å². The third-order valence-electron chi connectivity index (χ3n) is 2.90. The smallest absolute Gasteiger partial charge is 0.358 e. The van der Waals surface area contributed by atoms with Crippen molar-refractivity contribution >= 4 is 5.97 Å². The molecule has 1 aromatic carbocycles. The molecule has 0 bridgehead atoms. The number of aromatic carboxylic acids is 1. The summed E-state index contributed by atoms with van der Waals surface area (Å²) in [5.41, 5.74) is 0.0715. The van der Waals surface area contributed by atoms with Crippen LogP contribution < -0.4 is 0 Å². The summed E-state index contributed by atoms with van der Waals surface area (Å²) in [6.45, 7) is 5.50. The molecule has 0 saturated carbocycles. The largest absolute Gasteiger partial charge is 0.476 e. The predicted molar refractivity (Wildman–Crippen MR) is 71.1 cm³/mol. The highest BCUT2D eigenvalue weighted by Crippen LogP contribution is 2.25. The maximum atomic E-state index is 13.2. The summed E-state index contributed by atoms with van der Waals surface area (Å²) in [5.74, 6) is -2.57. The summed E-state index contributed by atoms with van der Waals surface area (Å²) in [6.07, 6.45) is 0. The lowest BCUT2D eigenvalue weighted by molar-refractivity contribution is 0.0687. The van der Waals surface area contributed by atoms with Gasteiger partial charge in [-0.1, -0.05) is 26.0 Å². The fourth-order valence-corrected chi connectivity index (χ4v) is 2.19. The predicted octanol–water partition coefficient (Wildman–Crippen LogP) is 2.60. The molecule has 0 amide bonds. The molecule has 0 unspecified atom stereocenters. The lowest BCUT2D eigenvalue weighted by atomic mass is 9.90. The Bertz CT molecular complexity index is 670. The van der Waals surface area contributed by atoms with Gasteiger partial charge in [-0.2, -0.15) is 0 Å². The van der Waals surface area contributed by atoms with Gasteiger partial charge in [0.2, 0.25) is 0 Å². The second-order valence-corrected chi connectivity index (χ2v) is 5.78. The molecule has 7 heteroatoms. The van der Waals surface area contributed by atoms with E-state index in [1.54, 1.807) is 0 Å². The van der Waals surface area contributed by atoms with Gasteiger partial charge in [-0.25, -0.2) is 18.3 Å². The Hall–Kier alpha value is -2.31. The number of carbonyl (C=O) groups is 1. The van der Waals surface area contributed by atoms with Gasteiger partial charge in [-0.3, -0.25) is 0 Å². The van der Waals surface area contributed by atoms with E-state index in [1.165, 1.54) is 16.8 Å². The zero-order chi connectivity index (χ0) is 15.8. The Morgan fingerprint density at radius 2 is 1.81 bits per heavy atom. The topological polar surface area (TPSA) is 68.0 Å². The molecule has 0 radical (unpaired) electrons. The van der Waals surface area contributed by atoms with Crippen molar-refractivity contribution in [2.45, 2.75) is 32.7 Å². The van der Waals surface area contributed by atoms with Crippen LogP contribution in [0.1, 0.15) is 42.5 Å². The first-order valence-corrected chi connectivity index (χ1v) is 6.30. The van der Waals surface area contributed by atoms with Crippen LogP contribution in [0.3, 0.4) is 0 Å². The maximum Gasteiger partial charge on any atom is 0.358 e. The number of halogens is 2. The number of hydrogen-bond donors (Lipinski definition) is 1. The van der Waals surface area contributed by atoms with Crippen LogP contribution in [0, 0.1) is 11.6 Å². The minimum absolute atomic E-state index is 0.0432. The van der Waals surface area contributed by atoms with Crippen LogP contribution in [-0.2, 0) is 12.0 Å². The number of aromatic nitrogens is 3. The molecule has 0 atom stereocenters. The lowest BCUT2D eigenvalue weighted by Gasteiger charge is -2.20. The zero-order valence-corrected chi connectivity index (χ0v) is 11.9. The Balaban J connectivity index is 2.47. The van der Waals surface area contributed by atoms with Crippen LogP contribution in [0.25, 0.3) is 0 Å². The highest BCUT2D eigenvalue weighted by atomic mass is 19.1. The molecule has 1 aromatic heterocycles. The summed E-state index contributed by atoms with van der Waals surface area (Å²) in [5, 5.41) is 16.6. The van der Waals surface area contributed by atoms with Crippen LogP contribution in [0.15, 0.2) is 18.2 Å². The second kappa shape index (κ2) is 5.23. The first-order chi connectivity index (χ1) is 9.68. The first kappa shape index (κ1) is 15.1. The van der Waals surface area contributed by atoms with Gasteiger partial charge < -0.3 is 5.11 Å². The van der Waals surface area contributed by atoms with Crippen molar-refractivity contribution in [2.24, 2.45) is 0 Å². The zero-order valence-electron chi connectivity index (χ0n) is 11.9. The van der Waals surface area contributed by atoms with E-state index in [9.17, 15) is 13.6 Å². The average Bonchev–Trinajstić information content (AvgIpc) is 2.70. The van der Waals surface area contributed by atoms with Crippen molar-refractivity contribution in [3.63, 3.8) is 0 Å². The molecule has 5 nitrogen and oxygen atoms in total. The van der Waals surface area contributed by atoms with E-state index < -0.39 is 23.0 Å². The van der Waals surface area contributed by atoms with Gasteiger partial charge in [0.25, 0.3) is 0 Å². The monoisotopic (exact) mass is 295 g/mol. The molecule has 1 heterocycles. The Labute approximate surface area is 120 Å². The molecule has 21 heavy (non-hydrogen) atoms. The van der Waals surface area contributed by atoms with Crippen molar-refractivity contribution in [1.82, 2.24) is 15.0 Å². The number of carboxylic acid groups (broad SMARTS) is 1. The van der Waals surface area contributed by atoms with Gasteiger partial charge in [-0.05, 0) is 17.7 Å². The van der Waals surface area contributed by atoms with Gasteiger partial charge in [-0.15, -0.1) is 5.10 Å². The van der Waals surface area contributed by atoms with E-state index in [0.717, 1.165) is 6.07 Å². The fraction of sp³-hybridized carbons (Fsp3) is 0.357. The Morgan fingerprint density at radius 1 is 1.24 bits per heavy atom. The van der Waals surface area contributed by atoms with Crippen molar-refractivity contribution in [1.29, 1.82) is 0 Å². The molecule has 0 spiro atoms. The van der Waals surface area contributed by atoms with E-state index in [1.807, 2.05) is 20.8 Å². The van der Waals surface area contributed by atoms with Crippen molar-refractivity contribution in [3.8, 4) is 0 Å². The quantitative estimate of drug-likeness (QED) is 0.945. The average molecular weight is 295 g/mol. The number of benzene rings is 1. The van der Waals surface area contributed by atoms with Crippen LogP contribution in [0.2, 0.25) is 0 Å². The number of rotatable bonds is 3. The van der Waals surface area contributed by atoms with Crippen molar-refractivity contribution < 1.29 is 18.7 Å². The van der Waals surface area contributed by atoms with Gasteiger partial charge in [0.1, 0.15) is 11.6 Å². The number of carboxylic acids is 1. The number of hydrogen-bond acceptors (Lipinski definition) is 3. The molecule has 2 aromatic rings. The van der Waals surface area contributed by atoms with Crippen LogP contribution >= 0.6 is 0 Å². The van der Waals surface area contributed by atoms with Crippen molar-refractivity contribution in [2.75, 3.05) is 0 Å². The minimum Gasteiger partial charge on any atom is -0.476 e. The minimum atomic E-state index is -1.18. The molecule has 112 valence electrons. The summed E-state index contributed by atoms with van der Waals surface area (Å²) in [6, 6.07) is 3.13. The molecule has 0 fully saturated rings. The summed E-state index contributed by atoms with van der Waals surface area (Å²) in [4.78, 5) is 11.2. The first-order valence-electron chi connectivity index (χ1n) is 6.30. The molecular formula is C14H15F2N3O2. The summed E-state index contributed by atoms with van der Waals surface area (Å²) in [7, 11) is 0. The highest BCUT2D eigenvalue weighted by molar-refractivity contribution is 5.86. The Morgan fingerprint density at radius 3 is 2.29 bits per heavy atom. The van der Waals surface area contributed by atoms with Crippen LogP contribution in [0.4, 0.5) is 8.78 Å². The van der Waals surface area contributed by atoms with Crippen molar-refractivity contribution in [3.05, 3.63) is 46.8 Å².